The summed E-state index contributed by atoms with van der Waals surface area (Å²) in [6.45, 7) is 21.7. The zero-order valence-electron chi connectivity index (χ0n) is 28.1. The third-order valence-electron chi connectivity index (χ3n) is 14.6. The number of esters is 1. The Hall–Kier alpha value is -1.02. The summed E-state index contributed by atoms with van der Waals surface area (Å²) in [4.78, 5) is 14.1. The van der Waals surface area contributed by atoms with Crippen LogP contribution in [0.3, 0.4) is 0 Å². The number of aliphatic hydroxyl groups excluding tert-OH is 1. The van der Waals surface area contributed by atoms with Crippen LogP contribution in [0.2, 0.25) is 0 Å². The lowest BCUT2D eigenvalue weighted by Gasteiger charge is -2.73. The second-order valence-corrected chi connectivity index (χ2v) is 16.8. The van der Waals surface area contributed by atoms with Crippen LogP contribution in [0.1, 0.15) is 113 Å². The number of ether oxygens (including phenoxy) is 1. The minimum Gasteiger partial charge on any atom is -0.462 e. The van der Waals surface area contributed by atoms with Crippen molar-refractivity contribution in [3.63, 3.8) is 0 Å². The van der Waals surface area contributed by atoms with Gasteiger partial charge in [-0.1, -0.05) is 58.6 Å². The second kappa shape index (κ2) is 11.4. The maximum Gasteiger partial charge on any atom is 0.302 e. The summed E-state index contributed by atoms with van der Waals surface area (Å²) in [7, 11) is 4.08. The smallest absolute Gasteiger partial charge is 0.302 e. The molecule has 0 amide bonds. The van der Waals surface area contributed by atoms with Crippen molar-refractivity contribution in [1.82, 2.24) is 4.90 Å². The maximum atomic E-state index is 12.0. The first-order chi connectivity index (χ1) is 19.0. The molecule has 0 aliphatic heterocycles. The van der Waals surface area contributed by atoms with E-state index in [0.717, 1.165) is 32.1 Å². The van der Waals surface area contributed by atoms with E-state index in [1.807, 2.05) is 14.1 Å². The predicted molar refractivity (Wildman–Crippen MR) is 174 cm³/mol. The molecule has 0 spiro atoms. The standard InChI is InChI=1S/C37H59NO3.ClH/c1-24(2)26-15-20-37(30(40)12-11-23-38(9)10)22-21-35(7)27(32(26)37)13-14-29-34(6)18-17-31(41-25(3)39)33(4,5)28(34)16-19-36(29,35)8;/h26-32,40H,1,13-23H2,2-10H3;1H/t26-,27+,28-,29+,30+,31-,32+,34-,35+,36+,37+;/m0./s1. The molecule has 0 unspecified atom stereocenters. The molecule has 5 heteroatoms. The zero-order chi connectivity index (χ0) is 30.2. The highest BCUT2D eigenvalue weighted by Crippen LogP contribution is 2.77. The first kappa shape index (κ1) is 33.9. The molecule has 238 valence electrons. The number of nitrogens with zero attached hydrogens (tertiary/aromatic N) is 1. The molecule has 1 N–H and O–H groups in total. The zero-order valence-corrected chi connectivity index (χ0v) is 29.0. The van der Waals surface area contributed by atoms with Gasteiger partial charge < -0.3 is 9.84 Å². The number of fused-ring (bicyclic) bond motifs is 7. The van der Waals surface area contributed by atoms with Crippen LogP contribution >= 0.6 is 12.4 Å². The van der Waals surface area contributed by atoms with Crippen LogP contribution in [0.25, 0.3) is 0 Å². The highest BCUT2D eigenvalue weighted by Gasteiger charge is 2.71. The fraction of sp³-hybridized carbons (Fsp3) is 0.865. The summed E-state index contributed by atoms with van der Waals surface area (Å²) in [5.41, 5.74) is 1.96. The minimum atomic E-state index is -0.558. The quantitative estimate of drug-likeness (QED) is 0.202. The number of allylic oxidation sites excluding steroid dienone is 1. The van der Waals surface area contributed by atoms with Gasteiger partial charge in [0.1, 0.15) is 12.2 Å². The van der Waals surface area contributed by atoms with Crippen LogP contribution in [-0.2, 0) is 9.53 Å². The summed E-state index contributed by atoms with van der Waals surface area (Å²) in [6, 6.07) is 0. The van der Waals surface area contributed by atoms with Gasteiger partial charge in [0.25, 0.3) is 0 Å². The molecule has 0 bridgehead atoms. The molecule has 4 nitrogen and oxygen atoms in total. The predicted octanol–water partition coefficient (Wildman–Crippen LogP) is 7.92. The van der Waals surface area contributed by atoms with E-state index in [2.05, 4.69) is 64.9 Å². The van der Waals surface area contributed by atoms with Gasteiger partial charge in [-0.15, -0.1) is 12.4 Å². The van der Waals surface area contributed by atoms with E-state index >= 15 is 0 Å². The van der Waals surface area contributed by atoms with E-state index in [1.54, 1.807) is 6.92 Å². The fourth-order valence-electron chi connectivity index (χ4n) is 12.5. The van der Waals surface area contributed by atoms with Gasteiger partial charge >= 0.3 is 5.97 Å². The van der Waals surface area contributed by atoms with Crippen molar-refractivity contribution in [3.05, 3.63) is 12.2 Å². The average molecular weight is 602 g/mol. The lowest BCUT2D eigenvalue weighted by molar-refractivity contribution is -0.253. The molecule has 5 aliphatic carbocycles. The largest absolute Gasteiger partial charge is 0.462 e. The van der Waals surface area contributed by atoms with Crippen LogP contribution in [0, 0.1) is 68.5 Å². The van der Waals surface area contributed by atoms with Crippen LogP contribution in [-0.4, -0.2) is 48.8 Å². The first-order valence-corrected chi connectivity index (χ1v) is 16.7. The van der Waals surface area contributed by atoms with E-state index in [9.17, 15) is 9.90 Å². The average Bonchev–Trinajstić information content (AvgIpc) is 3.27. The summed E-state index contributed by atoms with van der Waals surface area (Å²) in [6.07, 6.45) is 11.1. The summed E-state index contributed by atoms with van der Waals surface area (Å²) < 4.78 is 5.94. The molecule has 0 aromatic rings. The van der Waals surface area contributed by atoms with Gasteiger partial charge in [-0.05, 0) is 131 Å². The van der Waals surface area contributed by atoms with E-state index in [1.165, 1.54) is 37.7 Å². The molecule has 5 fully saturated rings. The molecule has 0 aromatic heterocycles. The molecule has 42 heavy (non-hydrogen) atoms. The van der Waals surface area contributed by atoms with E-state index < -0.39 is 6.10 Å². The lowest BCUT2D eigenvalue weighted by Crippen LogP contribution is -2.67. The summed E-state index contributed by atoms with van der Waals surface area (Å²) in [5.74, 6) is 9.29. The topological polar surface area (TPSA) is 49.8 Å². The van der Waals surface area contributed by atoms with Crippen LogP contribution in [0.15, 0.2) is 12.2 Å². The Morgan fingerprint density at radius 3 is 2.24 bits per heavy atom. The number of carbonyl (C=O) groups excluding carboxylic acids is 1. The Morgan fingerprint density at radius 2 is 1.62 bits per heavy atom. The van der Waals surface area contributed by atoms with Gasteiger partial charge in [0.05, 0.1) is 6.54 Å². The highest BCUT2D eigenvalue weighted by molar-refractivity contribution is 5.85. The van der Waals surface area contributed by atoms with Crippen LogP contribution in [0.4, 0.5) is 0 Å². The van der Waals surface area contributed by atoms with Crippen LogP contribution < -0.4 is 0 Å². The normalized spacial score (nSPS) is 46.0. The number of carbonyl (C=O) groups is 1. The maximum absolute atomic E-state index is 12.0. The minimum absolute atomic E-state index is 0. The molecule has 5 saturated carbocycles. The number of hydrogen-bond acceptors (Lipinski definition) is 4. The Morgan fingerprint density at radius 1 is 0.929 bits per heavy atom. The molecule has 0 heterocycles. The second-order valence-electron chi connectivity index (χ2n) is 16.8. The van der Waals surface area contributed by atoms with Crippen molar-refractivity contribution in [3.8, 4) is 11.8 Å². The van der Waals surface area contributed by atoms with Gasteiger partial charge in [-0.2, -0.15) is 0 Å². The molecule has 0 saturated heterocycles. The van der Waals surface area contributed by atoms with Gasteiger partial charge in [0.2, 0.25) is 0 Å². The Balaban J connectivity index is 0.00000405. The van der Waals surface area contributed by atoms with E-state index in [4.69, 9.17) is 4.74 Å². The van der Waals surface area contributed by atoms with Gasteiger partial charge in [0, 0.05) is 17.8 Å². The molecule has 5 aliphatic rings. The molecule has 0 radical (unpaired) electrons. The van der Waals surface area contributed by atoms with Gasteiger partial charge in [0.15, 0.2) is 0 Å². The number of aliphatic hydroxyl groups is 1. The molecule has 11 atom stereocenters. The lowest BCUT2D eigenvalue weighted by atomic mass is 9.32. The van der Waals surface area contributed by atoms with Crippen LogP contribution in [0.5, 0.6) is 0 Å². The Bertz CT molecular complexity index is 1120. The first-order valence-electron chi connectivity index (χ1n) is 16.7. The molecule has 0 aromatic carbocycles. The van der Waals surface area contributed by atoms with Gasteiger partial charge in [-0.25, -0.2) is 0 Å². The third kappa shape index (κ3) is 4.82. The van der Waals surface area contributed by atoms with Gasteiger partial charge in [-0.3, -0.25) is 9.69 Å². The molecular formula is C37H60ClNO3. The van der Waals surface area contributed by atoms with Crippen molar-refractivity contribution < 1.29 is 14.6 Å². The summed E-state index contributed by atoms with van der Waals surface area (Å²) >= 11 is 0. The van der Waals surface area contributed by atoms with Crippen molar-refractivity contribution in [2.45, 2.75) is 125 Å². The SMILES string of the molecule is C=C(C)[C@@H]1CC[C@]2([C@H](O)C#CCN(C)C)CC[C@]3(C)[C@H](CC[C@@H]4[C@@]5(C)CC[C@H](OC(C)=O)C(C)(C)[C@@H]5CC[C@]43C)[C@@H]12.Cl. The number of hydrogen-bond donors (Lipinski definition) is 1. The molecule has 5 rings (SSSR count). The fourth-order valence-corrected chi connectivity index (χ4v) is 12.5. The monoisotopic (exact) mass is 601 g/mol. The van der Waals surface area contributed by atoms with E-state index in [0.29, 0.717) is 36.1 Å². The van der Waals surface area contributed by atoms with Crippen molar-refractivity contribution in [2.75, 3.05) is 20.6 Å². The highest BCUT2D eigenvalue weighted by atomic mass is 35.5. The van der Waals surface area contributed by atoms with E-state index in [-0.39, 0.29) is 51.6 Å². The molecular weight excluding hydrogens is 542 g/mol. The number of rotatable bonds is 4. The van der Waals surface area contributed by atoms with Crippen molar-refractivity contribution >= 4 is 18.4 Å². The summed E-state index contributed by atoms with van der Waals surface area (Å²) in [5, 5.41) is 11.8. The number of halogens is 1. The van der Waals surface area contributed by atoms with Crippen molar-refractivity contribution in [1.29, 1.82) is 0 Å². The Kier molecular flexibility index (Phi) is 9.20. The van der Waals surface area contributed by atoms with Crippen molar-refractivity contribution in [2.24, 2.45) is 56.7 Å². The third-order valence-corrected chi connectivity index (χ3v) is 14.6. The Labute approximate surface area is 263 Å².